The Hall–Kier alpha value is -3.20. The number of fused-ring (bicyclic) bond motifs is 1. The molecule has 3 heterocycles. The van der Waals surface area contributed by atoms with Crippen molar-refractivity contribution in [3.8, 4) is 5.75 Å². The number of ether oxygens (including phenoxy) is 1. The number of nitrogens with one attached hydrogen (secondary N) is 2. The highest BCUT2D eigenvalue weighted by Crippen LogP contribution is 2.31. The van der Waals surface area contributed by atoms with Crippen LogP contribution in [0.5, 0.6) is 5.75 Å². The average Bonchev–Trinajstić information content (AvgIpc) is 2.78. The van der Waals surface area contributed by atoms with Crippen molar-refractivity contribution >= 4 is 23.3 Å². The van der Waals surface area contributed by atoms with Crippen molar-refractivity contribution in [3.05, 3.63) is 41.9 Å². The monoisotopic (exact) mass is 410 g/mol. The summed E-state index contributed by atoms with van der Waals surface area (Å²) < 4.78 is 5.76. The predicted molar refractivity (Wildman–Crippen MR) is 113 cm³/mol. The molecule has 2 N–H and O–H groups in total. The minimum absolute atomic E-state index is 0.0840. The molecule has 1 aromatic carbocycles. The van der Waals surface area contributed by atoms with Gasteiger partial charge in [0, 0.05) is 39.8 Å². The molecule has 2 aliphatic heterocycles. The Kier molecular flexibility index (Phi) is 5.80. The zero-order valence-electron chi connectivity index (χ0n) is 17.2. The summed E-state index contributed by atoms with van der Waals surface area (Å²) in [6.07, 6.45) is 3.39. The van der Waals surface area contributed by atoms with Crippen LogP contribution in [-0.4, -0.2) is 66.0 Å². The molecule has 0 radical (unpaired) electrons. The molecule has 9 nitrogen and oxygen atoms in total. The second-order valence-electron chi connectivity index (χ2n) is 7.44. The highest BCUT2D eigenvalue weighted by Gasteiger charge is 2.26. The predicted octanol–water partition coefficient (Wildman–Crippen LogP) is 1.27. The number of aromatic nitrogens is 2. The average molecular weight is 410 g/mol. The molecule has 0 unspecified atom stereocenters. The second-order valence-corrected chi connectivity index (χ2v) is 7.44. The van der Waals surface area contributed by atoms with Crippen molar-refractivity contribution in [3.63, 3.8) is 0 Å². The van der Waals surface area contributed by atoms with Crippen LogP contribution in [0, 0.1) is 0 Å². The molecule has 1 fully saturated rings. The summed E-state index contributed by atoms with van der Waals surface area (Å²) in [5.41, 5.74) is 2.19. The molecule has 1 saturated heterocycles. The maximum atomic E-state index is 12.1. The SMILES string of the molecule is CC[C@H]1Oc2ccc(CN3CCN(c4cnc(C(=O)NC)cn4)CC3)cc2NC1=O. The van der Waals surface area contributed by atoms with Gasteiger partial charge in [-0.3, -0.25) is 14.5 Å². The smallest absolute Gasteiger partial charge is 0.271 e. The number of amides is 2. The highest BCUT2D eigenvalue weighted by molar-refractivity contribution is 5.97. The minimum atomic E-state index is -0.412. The van der Waals surface area contributed by atoms with Crippen molar-refractivity contribution in [2.75, 3.05) is 43.4 Å². The Morgan fingerprint density at radius 2 is 2.03 bits per heavy atom. The molecule has 0 aliphatic carbocycles. The van der Waals surface area contributed by atoms with E-state index in [-0.39, 0.29) is 11.8 Å². The number of nitrogens with zero attached hydrogens (tertiary/aromatic N) is 4. The quantitative estimate of drug-likeness (QED) is 0.766. The van der Waals surface area contributed by atoms with Crippen molar-refractivity contribution in [2.45, 2.75) is 26.0 Å². The van der Waals surface area contributed by atoms with Gasteiger partial charge in [0.25, 0.3) is 11.8 Å². The Balaban J connectivity index is 1.34. The molecule has 1 atom stereocenters. The van der Waals surface area contributed by atoms with E-state index in [1.165, 1.54) is 6.20 Å². The summed E-state index contributed by atoms with van der Waals surface area (Å²) in [6, 6.07) is 5.99. The van der Waals surface area contributed by atoms with Crippen molar-refractivity contribution in [1.82, 2.24) is 20.2 Å². The van der Waals surface area contributed by atoms with Crippen molar-refractivity contribution in [2.24, 2.45) is 0 Å². The van der Waals surface area contributed by atoms with E-state index in [1.54, 1.807) is 13.2 Å². The van der Waals surface area contributed by atoms with E-state index in [1.807, 2.05) is 19.1 Å². The van der Waals surface area contributed by atoms with Gasteiger partial charge in [0.1, 0.15) is 17.3 Å². The van der Waals surface area contributed by atoms with Crippen LogP contribution >= 0.6 is 0 Å². The molecule has 0 spiro atoms. The number of hydrogen-bond donors (Lipinski definition) is 2. The fraction of sp³-hybridized carbons (Fsp3) is 0.429. The number of anilines is 2. The van der Waals surface area contributed by atoms with Crippen LogP contribution in [0.15, 0.2) is 30.6 Å². The highest BCUT2D eigenvalue weighted by atomic mass is 16.5. The first-order chi connectivity index (χ1) is 14.6. The number of rotatable bonds is 5. The van der Waals surface area contributed by atoms with Crippen LogP contribution in [0.4, 0.5) is 11.5 Å². The van der Waals surface area contributed by atoms with Gasteiger partial charge in [0.15, 0.2) is 6.10 Å². The molecule has 30 heavy (non-hydrogen) atoms. The molecule has 0 saturated carbocycles. The van der Waals surface area contributed by atoms with Crippen LogP contribution in [0.1, 0.15) is 29.4 Å². The van der Waals surface area contributed by atoms with Gasteiger partial charge in [-0.25, -0.2) is 9.97 Å². The number of carbonyl (C=O) groups is 2. The van der Waals surface area contributed by atoms with Crippen LogP contribution in [0.2, 0.25) is 0 Å². The zero-order valence-corrected chi connectivity index (χ0v) is 17.2. The Bertz CT molecular complexity index is 925. The lowest BCUT2D eigenvalue weighted by atomic mass is 10.1. The molecule has 158 valence electrons. The largest absolute Gasteiger partial charge is 0.478 e. The van der Waals surface area contributed by atoms with Crippen molar-refractivity contribution < 1.29 is 14.3 Å². The molecular formula is C21H26N6O3. The summed E-state index contributed by atoms with van der Waals surface area (Å²) in [5, 5.41) is 5.49. The topological polar surface area (TPSA) is 99.7 Å². The van der Waals surface area contributed by atoms with Crippen LogP contribution in [0.3, 0.4) is 0 Å². The molecule has 2 amide bonds. The number of carbonyl (C=O) groups excluding carboxylic acids is 2. The van der Waals surface area contributed by atoms with E-state index < -0.39 is 6.10 Å². The first kappa shape index (κ1) is 20.1. The number of benzene rings is 1. The van der Waals surface area contributed by atoms with E-state index in [4.69, 9.17) is 4.74 Å². The molecule has 0 bridgehead atoms. The van der Waals surface area contributed by atoms with Gasteiger partial charge in [-0.15, -0.1) is 0 Å². The van der Waals surface area contributed by atoms with Crippen molar-refractivity contribution in [1.29, 1.82) is 0 Å². The third kappa shape index (κ3) is 4.20. The standard InChI is InChI=1S/C21H26N6O3/c1-3-17-21(29)25-15-10-14(4-5-18(15)30-17)13-26-6-8-27(9-7-26)19-12-23-16(11-24-19)20(28)22-2/h4-5,10-12,17H,3,6-9,13H2,1-2H3,(H,22,28)(H,25,29)/t17-/m1/s1. The molecule has 2 aliphatic rings. The van der Waals surface area contributed by atoms with Gasteiger partial charge in [-0.05, 0) is 24.1 Å². The minimum Gasteiger partial charge on any atom is -0.478 e. The van der Waals surface area contributed by atoms with Crippen LogP contribution < -0.4 is 20.3 Å². The van der Waals surface area contributed by atoms with E-state index in [0.717, 1.165) is 55.5 Å². The molecule has 1 aromatic heterocycles. The van der Waals surface area contributed by atoms with Gasteiger partial charge in [-0.1, -0.05) is 13.0 Å². The van der Waals surface area contributed by atoms with Gasteiger partial charge in [0.05, 0.1) is 18.1 Å². The lowest BCUT2D eigenvalue weighted by Crippen LogP contribution is -2.46. The van der Waals surface area contributed by atoms with E-state index in [0.29, 0.717) is 12.1 Å². The molecule has 2 aromatic rings. The van der Waals surface area contributed by atoms with E-state index in [9.17, 15) is 9.59 Å². The fourth-order valence-electron chi connectivity index (χ4n) is 3.69. The summed E-state index contributed by atoms with van der Waals surface area (Å²) in [7, 11) is 1.57. The van der Waals surface area contributed by atoms with Gasteiger partial charge in [-0.2, -0.15) is 0 Å². The summed E-state index contributed by atoms with van der Waals surface area (Å²) in [6.45, 7) is 6.17. The Labute approximate surface area is 175 Å². The Morgan fingerprint density at radius 1 is 1.23 bits per heavy atom. The molecular weight excluding hydrogens is 384 g/mol. The summed E-state index contributed by atoms with van der Waals surface area (Å²) in [4.78, 5) is 36.8. The van der Waals surface area contributed by atoms with E-state index in [2.05, 4.69) is 36.5 Å². The van der Waals surface area contributed by atoms with Crippen LogP contribution in [0.25, 0.3) is 0 Å². The number of piperazine rings is 1. The third-order valence-electron chi connectivity index (χ3n) is 5.43. The normalized spacial score (nSPS) is 18.9. The second kappa shape index (κ2) is 8.66. The Morgan fingerprint density at radius 3 is 2.70 bits per heavy atom. The molecule has 4 rings (SSSR count). The summed E-state index contributed by atoms with van der Waals surface area (Å²) >= 11 is 0. The maximum absolute atomic E-state index is 12.1. The maximum Gasteiger partial charge on any atom is 0.271 e. The molecule has 9 heteroatoms. The first-order valence-corrected chi connectivity index (χ1v) is 10.2. The fourth-order valence-corrected chi connectivity index (χ4v) is 3.69. The number of hydrogen-bond acceptors (Lipinski definition) is 7. The van der Waals surface area contributed by atoms with E-state index >= 15 is 0 Å². The van der Waals surface area contributed by atoms with Gasteiger partial charge < -0.3 is 20.3 Å². The summed E-state index contributed by atoms with van der Waals surface area (Å²) in [5.74, 6) is 1.19. The third-order valence-corrected chi connectivity index (χ3v) is 5.43. The van der Waals surface area contributed by atoms with Crippen LogP contribution in [-0.2, 0) is 11.3 Å². The van der Waals surface area contributed by atoms with Gasteiger partial charge in [0.2, 0.25) is 0 Å². The first-order valence-electron chi connectivity index (χ1n) is 10.2. The zero-order chi connectivity index (χ0) is 21.1. The lowest BCUT2D eigenvalue weighted by Gasteiger charge is -2.35. The lowest BCUT2D eigenvalue weighted by molar-refractivity contribution is -0.123. The van der Waals surface area contributed by atoms with Gasteiger partial charge >= 0.3 is 0 Å².